The largest absolute Gasteiger partial charge is 0.487 e. The molecule has 9 nitrogen and oxygen atoms in total. The molecule has 42 heavy (non-hydrogen) atoms. The van der Waals surface area contributed by atoms with E-state index >= 15 is 0 Å². The van der Waals surface area contributed by atoms with Crippen molar-refractivity contribution in [2.24, 2.45) is 10.7 Å². The Kier molecular flexibility index (Phi) is 8.89. The van der Waals surface area contributed by atoms with Crippen molar-refractivity contribution in [1.29, 1.82) is 0 Å². The van der Waals surface area contributed by atoms with Crippen molar-refractivity contribution < 1.29 is 19.1 Å². The maximum atomic E-state index is 13.7. The number of carbonyl (C=O) groups is 2. The van der Waals surface area contributed by atoms with E-state index in [1.807, 2.05) is 62.4 Å². The summed E-state index contributed by atoms with van der Waals surface area (Å²) in [5.74, 6) is 0.875. The molecule has 3 heterocycles. The predicted octanol–water partition coefficient (Wildman–Crippen LogP) is 4.59. The molecule has 0 unspecified atom stereocenters. The molecule has 0 aliphatic carbocycles. The Balaban J connectivity index is 1.42. The highest BCUT2D eigenvalue weighted by atomic mass is 16.5. The number of nitrogens with two attached hydrogens (primary N) is 1. The summed E-state index contributed by atoms with van der Waals surface area (Å²) in [5.41, 5.74) is 8.09. The molecule has 0 bridgehead atoms. The Labute approximate surface area is 249 Å². The van der Waals surface area contributed by atoms with E-state index in [4.69, 9.17) is 20.2 Å². The van der Waals surface area contributed by atoms with Crippen molar-refractivity contribution in [3.63, 3.8) is 0 Å². The van der Waals surface area contributed by atoms with Crippen LogP contribution in [0.3, 0.4) is 0 Å². The summed E-state index contributed by atoms with van der Waals surface area (Å²) >= 11 is 0. The van der Waals surface area contributed by atoms with E-state index in [9.17, 15) is 9.59 Å². The van der Waals surface area contributed by atoms with Gasteiger partial charge in [-0.3, -0.25) is 19.4 Å². The first kappa shape index (κ1) is 30.0. The molecular formula is C33H45N5O4. The van der Waals surface area contributed by atoms with Crippen LogP contribution < -0.4 is 15.8 Å². The fourth-order valence-corrected chi connectivity index (χ4v) is 6.46. The van der Waals surface area contributed by atoms with E-state index in [0.717, 1.165) is 49.4 Å². The van der Waals surface area contributed by atoms with Gasteiger partial charge in [0.2, 0.25) is 5.91 Å². The van der Waals surface area contributed by atoms with Gasteiger partial charge in [-0.25, -0.2) is 4.99 Å². The van der Waals surface area contributed by atoms with Gasteiger partial charge in [0.25, 0.3) is 5.91 Å². The molecule has 2 amide bonds. The van der Waals surface area contributed by atoms with E-state index in [1.165, 1.54) is 0 Å². The zero-order valence-corrected chi connectivity index (χ0v) is 25.4. The van der Waals surface area contributed by atoms with Crippen LogP contribution in [0.5, 0.6) is 5.75 Å². The lowest BCUT2D eigenvalue weighted by Gasteiger charge is -2.41. The number of fused-ring (bicyclic) bond motifs is 1. The lowest BCUT2D eigenvalue weighted by atomic mass is 9.87. The van der Waals surface area contributed by atoms with E-state index in [2.05, 4.69) is 24.1 Å². The maximum absolute atomic E-state index is 13.7. The number of hydrogen-bond donors (Lipinski definition) is 2. The number of benzene rings is 2. The van der Waals surface area contributed by atoms with Crippen molar-refractivity contribution in [2.75, 3.05) is 32.8 Å². The molecule has 3 aliphatic rings. The Morgan fingerprint density at radius 3 is 2.57 bits per heavy atom. The number of para-hydroxylation sites is 1. The van der Waals surface area contributed by atoms with Gasteiger partial charge in [-0.2, -0.15) is 0 Å². The lowest BCUT2D eigenvalue weighted by Crippen LogP contribution is -2.53. The Morgan fingerprint density at radius 2 is 1.86 bits per heavy atom. The molecule has 1 fully saturated rings. The first-order chi connectivity index (χ1) is 20.1. The van der Waals surface area contributed by atoms with Crippen LogP contribution in [-0.4, -0.2) is 71.6 Å². The molecule has 2 atom stereocenters. The number of nitrogens with one attached hydrogen (secondary N) is 1. The zero-order valence-electron chi connectivity index (χ0n) is 25.4. The standard InChI is InChI=1S/C33H45N5O4/c1-5-33(6-2)22-29(39)38(31(34)36-33)27(14-15-37-16-18-41-19-17-37)23-10-9-11-24(20-23)30(40)35-26-21-32(3,4)42-28-13-8-7-12-25(26)28/h7-13,20,26-27H,5-6,14-19,21-22H2,1-4H3,(H2,34,36)(H,35,40)/t26-,27+/m0/s1. The van der Waals surface area contributed by atoms with E-state index in [-0.39, 0.29) is 29.9 Å². The summed E-state index contributed by atoms with van der Waals surface area (Å²) in [7, 11) is 0. The van der Waals surface area contributed by atoms with Crippen molar-refractivity contribution in [1.82, 2.24) is 15.1 Å². The van der Waals surface area contributed by atoms with Gasteiger partial charge < -0.3 is 20.5 Å². The molecule has 0 saturated carbocycles. The molecule has 3 aliphatic heterocycles. The van der Waals surface area contributed by atoms with Crippen molar-refractivity contribution >= 4 is 17.8 Å². The normalized spacial score (nSPS) is 22.5. The average molecular weight is 576 g/mol. The smallest absolute Gasteiger partial charge is 0.251 e. The van der Waals surface area contributed by atoms with Crippen molar-refractivity contribution in [3.05, 3.63) is 65.2 Å². The third-order valence-electron chi connectivity index (χ3n) is 9.01. The minimum Gasteiger partial charge on any atom is -0.487 e. The lowest BCUT2D eigenvalue weighted by molar-refractivity contribution is -0.131. The molecule has 1 saturated heterocycles. The maximum Gasteiger partial charge on any atom is 0.251 e. The van der Waals surface area contributed by atoms with Gasteiger partial charge in [0, 0.05) is 37.2 Å². The van der Waals surface area contributed by atoms with Gasteiger partial charge in [-0.1, -0.05) is 44.2 Å². The SMILES string of the molecule is CCC1(CC)CC(=O)N([C@H](CCN2CCOCC2)c2cccc(C(=O)N[C@H]3CC(C)(C)Oc4ccccc43)c2)C(N)=N1. The molecule has 9 heteroatoms. The van der Waals surface area contributed by atoms with E-state index in [0.29, 0.717) is 38.0 Å². The Morgan fingerprint density at radius 1 is 1.12 bits per heavy atom. The number of rotatable bonds is 9. The highest BCUT2D eigenvalue weighted by molar-refractivity contribution is 6.00. The van der Waals surface area contributed by atoms with Gasteiger partial charge >= 0.3 is 0 Å². The first-order valence-electron chi connectivity index (χ1n) is 15.3. The average Bonchev–Trinajstić information content (AvgIpc) is 2.98. The monoisotopic (exact) mass is 575 g/mol. The van der Waals surface area contributed by atoms with Gasteiger partial charge in [-0.05, 0) is 56.9 Å². The summed E-state index contributed by atoms with van der Waals surface area (Å²) in [6.07, 6.45) is 3.16. The van der Waals surface area contributed by atoms with Crippen LogP contribution in [0.2, 0.25) is 0 Å². The summed E-state index contributed by atoms with van der Waals surface area (Å²) in [6, 6.07) is 14.9. The minimum atomic E-state index is -0.456. The number of nitrogens with zero attached hydrogens (tertiary/aromatic N) is 3. The minimum absolute atomic E-state index is 0.0194. The first-order valence-corrected chi connectivity index (χ1v) is 15.3. The van der Waals surface area contributed by atoms with E-state index < -0.39 is 11.1 Å². The summed E-state index contributed by atoms with van der Waals surface area (Å²) in [5, 5.41) is 3.25. The van der Waals surface area contributed by atoms with Gasteiger partial charge in [0.15, 0.2) is 5.96 Å². The molecular weight excluding hydrogens is 530 g/mol. The molecule has 0 radical (unpaired) electrons. The second-order valence-corrected chi connectivity index (χ2v) is 12.4. The molecule has 2 aromatic carbocycles. The molecule has 0 spiro atoms. The number of carbonyl (C=O) groups excluding carboxylic acids is 2. The molecule has 5 rings (SSSR count). The number of guanidine groups is 1. The Bertz CT molecular complexity index is 1320. The highest BCUT2D eigenvalue weighted by Gasteiger charge is 2.41. The number of ether oxygens (including phenoxy) is 2. The molecule has 2 aromatic rings. The predicted molar refractivity (Wildman–Crippen MR) is 163 cm³/mol. The number of amides is 2. The second-order valence-electron chi connectivity index (χ2n) is 12.4. The molecule has 0 aromatic heterocycles. The van der Waals surface area contributed by atoms with Gasteiger partial charge in [-0.15, -0.1) is 0 Å². The number of morpholine rings is 1. The van der Waals surface area contributed by atoms with Crippen LogP contribution in [-0.2, 0) is 9.53 Å². The van der Waals surface area contributed by atoms with Crippen LogP contribution >= 0.6 is 0 Å². The number of aliphatic imine (C=N–C) groups is 1. The Hall–Kier alpha value is -3.43. The third-order valence-corrected chi connectivity index (χ3v) is 9.01. The highest BCUT2D eigenvalue weighted by Crippen LogP contribution is 2.40. The van der Waals surface area contributed by atoms with Gasteiger partial charge in [0.05, 0.1) is 37.3 Å². The fourth-order valence-electron chi connectivity index (χ4n) is 6.46. The van der Waals surface area contributed by atoms with Gasteiger partial charge in [0.1, 0.15) is 11.4 Å². The van der Waals surface area contributed by atoms with Crippen LogP contribution in [0.4, 0.5) is 0 Å². The van der Waals surface area contributed by atoms with E-state index in [1.54, 1.807) is 4.90 Å². The third kappa shape index (κ3) is 6.47. The second kappa shape index (κ2) is 12.4. The summed E-state index contributed by atoms with van der Waals surface area (Å²) < 4.78 is 11.7. The number of hydrogen-bond acceptors (Lipinski definition) is 7. The van der Waals surface area contributed by atoms with Crippen LogP contribution in [0.15, 0.2) is 53.5 Å². The quantitative estimate of drug-likeness (QED) is 0.453. The molecule has 3 N–H and O–H groups in total. The van der Waals surface area contributed by atoms with Crippen LogP contribution in [0.25, 0.3) is 0 Å². The van der Waals surface area contributed by atoms with Crippen LogP contribution in [0, 0.1) is 0 Å². The topological polar surface area (TPSA) is 109 Å². The fraction of sp³-hybridized carbons (Fsp3) is 0.545. The zero-order chi connectivity index (χ0) is 29.9. The van der Waals surface area contributed by atoms with Crippen LogP contribution in [0.1, 0.15) is 93.4 Å². The molecule has 226 valence electrons. The summed E-state index contributed by atoms with van der Waals surface area (Å²) in [4.78, 5) is 36.3. The summed E-state index contributed by atoms with van der Waals surface area (Å²) in [6.45, 7) is 12.1. The van der Waals surface area contributed by atoms with Crippen molar-refractivity contribution in [3.8, 4) is 5.75 Å². The van der Waals surface area contributed by atoms with Crippen molar-refractivity contribution in [2.45, 2.75) is 83.0 Å².